The molecule has 0 fully saturated rings. The van der Waals surface area contributed by atoms with Crippen LogP contribution in [0.4, 0.5) is 0 Å². The maximum Gasteiger partial charge on any atom is 0.205 e. The van der Waals surface area contributed by atoms with Crippen molar-refractivity contribution in [3.8, 4) is 17.3 Å². The summed E-state index contributed by atoms with van der Waals surface area (Å²) in [4.78, 5) is 4.05. The Kier molecular flexibility index (Phi) is 4.61. The third-order valence-electron chi connectivity index (χ3n) is 3.76. The van der Waals surface area contributed by atoms with Crippen LogP contribution in [0.15, 0.2) is 82.8 Å². The van der Waals surface area contributed by atoms with Gasteiger partial charge < -0.3 is 4.42 Å². The second-order valence-corrected chi connectivity index (χ2v) is 6.47. The van der Waals surface area contributed by atoms with E-state index < -0.39 is 0 Å². The molecule has 0 atom stereocenters. The van der Waals surface area contributed by atoms with E-state index in [1.807, 2.05) is 71.6 Å². The Bertz CT molecular complexity index is 921. The first kappa shape index (κ1) is 15.7. The van der Waals surface area contributed by atoms with Crippen molar-refractivity contribution < 1.29 is 4.42 Å². The van der Waals surface area contributed by atoms with Crippen LogP contribution in [-0.4, -0.2) is 25.5 Å². The lowest BCUT2D eigenvalue weighted by atomic mass is 10.2. The molecule has 4 rings (SSSR count). The Morgan fingerprint density at radius 2 is 1.76 bits per heavy atom. The summed E-state index contributed by atoms with van der Waals surface area (Å²) in [7, 11) is 0. The Labute approximate surface area is 149 Å². The predicted octanol–water partition coefficient (Wildman–Crippen LogP) is 4.26. The molecular formula is C19H16N4OS. The molecule has 0 aliphatic carbocycles. The molecule has 6 heteroatoms. The van der Waals surface area contributed by atoms with Gasteiger partial charge in [-0.1, -0.05) is 30.0 Å². The molecule has 0 spiro atoms. The van der Waals surface area contributed by atoms with Crippen molar-refractivity contribution in [1.82, 2.24) is 19.7 Å². The summed E-state index contributed by atoms with van der Waals surface area (Å²) >= 11 is 1.68. The highest BCUT2D eigenvalue weighted by molar-refractivity contribution is 7.99. The first-order chi connectivity index (χ1) is 12.4. The molecule has 0 aliphatic heterocycles. The number of aromatic nitrogens is 4. The van der Waals surface area contributed by atoms with Crippen molar-refractivity contribution in [2.24, 2.45) is 0 Å². The van der Waals surface area contributed by atoms with Crippen molar-refractivity contribution in [2.75, 3.05) is 5.75 Å². The quantitative estimate of drug-likeness (QED) is 0.487. The minimum atomic E-state index is 0.706. The zero-order valence-electron chi connectivity index (χ0n) is 13.4. The van der Waals surface area contributed by atoms with Gasteiger partial charge in [0.1, 0.15) is 0 Å². The third kappa shape index (κ3) is 3.49. The maximum absolute atomic E-state index is 5.53. The number of rotatable bonds is 6. The molecule has 0 amide bonds. The average molecular weight is 348 g/mol. The number of benzene rings is 1. The highest BCUT2D eigenvalue weighted by Crippen LogP contribution is 2.28. The van der Waals surface area contributed by atoms with Crippen LogP contribution < -0.4 is 0 Å². The van der Waals surface area contributed by atoms with E-state index in [0.717, 1.165) is 23.0 Å². The van der Waals surface area contributed by atoms with Crippen LogP contribution in [-0.2, 0) is 6.42 Å². The van der Waals surface area contributed by atoms with Gasteiger partial charge in [-0.2, -0.15) is 0 Å². The smallest absolute Gasteiger partial charge is 0.205 e. The highest BCUT2D eigenvalue weighted by atomic mass is 32.2. The lowest BCUT2D eigenvalue weighted by molar-refractivity contribution is 0.575. The van der Waals surface area contributed by atoms with Crippen molar-refractivity contribution >= 4 is 11.8 Å². The topological polar surface area (TPSA) is 56.7 Å². The van der Waals surface area contributed by atoms with Gasteiger partial charge in [-0.3, -0.25) is 9.55 Å². The minimum Gasteiger partial charge on any atom is -0.461 e. The number of hydrogen-bond donors (Lipinski definition) is 0. The molecule has 0 N–H and O–H groups in total. The van der Waals surface area contributed by atoms with Crippen molar-refractivity contribution in [3.05, 3.63) is 78.8 Å². The number of hydrogen-bond acceptors (Lipinski definition) is 5. The van der Waals surface area contributed by atoms with Gasteiger partial charge in [0.05, 0.1) is 6.26 Å². The Balaban J connectivity index is 1.61. The molecule has 5 nitrogen and oxygen atoms in total. The van der Waals surface area contributed by atoms with E-state index in [-0.39, 0.29) is 0 Å². The summed E-state index contributed by atoms with van der Waals surface area (Å²) in [6, 6.07) is 17.9. The van der Waals surface area contributed by atoms with E-state index in [1.165, 1.54) is 5.56 Å². The maximum atomic E-state index is 5.53. The minimum absolute atomic E-state index is 0.706. The van der Waals surface area contributed by atoms with Gasteiger partial charge >= 0.3 is 0 Å². The van der Waals surface area contributed by atoms with E-state index in [2.05, 4.69) is 15.2 Å². The second-order valence-electron chi connectivity index (χ2n) is 5.41. The van der Waals surface area contributed by atoms with E-state index >= 15 is 0 Å². The van der Waals surface area contributed by atoms with E-state index in [9.17, 15) is 0 Å². The summed E-state index contributed by atoms with van der Waals surface area (Å²) in [5.74, 6) is 2.33. The number of para-hydroxylation sites is 1. The van der Waals surface area contributed by atoms with Crippen LogP contribution in [0.5, 0.6) is 0 Å². The summed E-state index contributed by atoms with van der Waals surface area (Å²) in [5.41, 5.74) is 2.28. The van der Waals surface area contributed by atoms with Crippen molar-refractivity contribution in [1.29, 1.82) is 0 Å². The Hall–Kier alpha value is -2.86. The van der Waals surface area contributed by atoms with Crippen LogP contribution in [0.3, 0.4) is 0 Å². The SMILES string of the molecule is c1ccc(-n2c(SCCc3ccncc3)nnc2-c2ccco2)cc1. The number of pyridine rings is 1. The van der Waals surface area contributed by atoms with Gasteiger partial charge in [0.25, 0.3) is 0 Å². The van der Waals surface area contributed by atoms with Gasteiger partial charge in [-0.05, 0) is 48.4 Å². The summed E-state index contributed by atoms with van der Waals surface area (Å²) in [6.07, 6.45) is 6.24. The van der Waals surface area contributed by atoms with Gasteiger partial charge in [-0.25, -0.2) is 0 Å². The monoisotopic (exact) mass is 348 g/mol. The molecule has 0 aliphatic rings. The van der Waals surface area contributed by atoms with Crippen LogP contribution in [0.1, 0.15) is 5.56 Å². The van der Waals surface area contributed by atoms with Gasteiger partial charge in [0.2, 0.25) is 5.82 Å². The predicted molar refractivity (Wildman–Crippen MR) is 97.7 cm³/mol. The number of furan rings is 1. The summed E-state index contributed by atoms with van der Waals surface area (Å²) in [6.45, 7) is 0. The Morgan fingerprint density at radius 3 is 2.52 bits per heavy atom. The Morgan fingerprint density at radius 1 is 0.920 bits per heavy atom. The fraction of sp³-hybridized carbons (Fsp3) is 0.105. The van der Waals surface area contributed by atoms with Crippen molar-refractivity contribution in [3.63, 3.8) is 0 Å². The molecule has 0 radical (unpaired) electrons. The lowest BCUT2D eigenvalue weighted by Crippen LogP contribution is -2.00. The van der Waals surface area contributed by atoms with Gasteiger partial charge in [-0.15, -0.1) is 10.2 Å². The molecule has 3 heterocycles. The third-order valence-corrected chi connectivity index (χ3v) is 4.69. The normalized spacial score (nSPS) is 10.9. The van der Waals surface area contributed by atoms with Gasteiger partial charge in [0, 0.05) is 23.8 Å². The molecule has 4 aromatic rings. The number of thioether (sulfide) groups is 1. The second kappa shape index (κ2) is 7.36. The van der Waals surface area contributed by atoms with Gasteiger partial charge in [0.15, 0.2) is 10.9 Å². The average Bonchev–Trinajstić information content (AvgIpc) is 3.33. The first-order valence-electron chi connectivity index (χ1n) is 7.98. The molecule has 0 unspecified atom stereocenters. The lowest BCUT2D eigenvalue weighted by Gasteiger charge is -2.09. The fourth-order valence-electron chi connectivity index (χ4n) is 2.55. The zero-order chi connectivity index (χ0) is 16.9. The summed E-state index contributed by atoms with van der Waals surface area (Å²) < 4.78 is 7.57. The van der Waals surface area contributed by atoms with Crippen LogP contribution >= 0.6 is 11.8 Å². The molecule has 3 aromatic heterocycles. The summed E-state index contributed by atoms with van der Waals surface area (Å²) in [5, 5.41) is 9.59. The molecular weight excluding hydrogens is 332 g/mol. The number of aryl methyl sites for hydroxylation is 1. The van der Waals surface area contributed by atoms with E-state index in [4.69, 9.17) is 4.42 Å². The van der Waals surface area contributed by atoms with E-state index in [0.29, 0.717) is 11.6 Å². The standard InChI is InChI=1S/C19H16N4OS/c1-2-5-16(6-3-1)23-18(17-7-4-13-24-17)21-22-19(23)25-14-10-15-8-11-20-12-9-15/h1-9,11-13H,10,14H2. The van der Waals surface area contributed by atoms with Crippen LogP contribution in [0, 0.1) is 0 Å². The fourth-order valence-corrected chi connectivity index (χ4v) is 3.49. The highest BCUT2D eigenvalue weighted by Gasteiger charge is 2.17. The molecule has 124 valence electrons. The van der Waals surface area contributed by atoms with E-state index in [1.54, 1.807) is 18.0 Å². The molecule has 1 aromatic carbocycles. The van der Waals surface area contributed by atoms with Crippen LogP contribution in [0.2, 0.25) is 0 Å². The molecule has 0 saturated carbocycles. The molecule has 25 heavy (non-hydrogen) atoms. The zero-order valence-corrected chi connectivity index (χ0v) is 14.3. The van der Waals surface area contributed by atoms with Crippen molar-refractivity contribution in [2.45, 2.75) is 11.6 Å². The molecule has 0 saturated heterocycles. The van der Waals surface area contributed by atoms with Crippen LogP contribution in [0.25, 0.3) is 17.3 Å². The first-order valence-corrected chi connectivity index (χ1v) is 8.97. The largest absolute Gasteiger partial charge is 0.461 e. The molecule has 0 bridgehead atoms. The number of nitrogens with zero attached hydrogens (tertiary/aromatic N) is 4.